The van der Waals surface area contributed by atoms with Crippen molar-refractivity contribution in [3.8, 4) is 0 Å². The van der Waals surface area contributed by atoms with Crippen LogP contribution in [0, 0.1) is 57.1 Å². The molecule has 67 heavy (non-hydrogen) atoms. The standard InChI is InChI=1S/3C20H40O2.Nd/c3*1-4-7-10-12-13-15-18-20(19(21)22,16-9-6-3)17-14-11-8-5-2;/h3*4-18H2,1-3H3,(H,21,22);/q;;;+3/p-3. The number of carbonyl (C=O) groups excluding carboxylic acids is 3. The van der Waals surface area contributed by atoms with Crippen LogP contribution in [0.3, 0.4) is 0 Å². The number of unbranched alkanes of at least 4 members (excludes halogenated alkanes) is 27. The van der Waals surface area contributed by atoms with Crippen LogP contribution in [0.25, 0.3) is 0 Å². The molecule has 0 fully saturated rings. The zero-order valence-electron chi connectivity index (χ0n) is 46.8. The summed E-state index contributed by atoms with van der Waals surface area (Å²) in [7, 11) is 0. The van der Waals surface area contributed by atoms with Gasteiger partial charge in [-0.2, -0.15) is 0 Å². The Bertz CT molecular complexity index is 923. The Balaban J connectivity index is -0.000000441. The maximum atomic E-state index is 11.8. The Hall–Kier alpha value is -0.239. The van der Waals surface area contributed by atoms with E-state index in [0.717, 1.165) is 154 Å². The van der Waals surface area contributed by atoms with Crippen LogP contribution in [0.15, 0.2) is 0 Å². The molecule has 0 N–H and O–H groups in total. The van der Waals surface area contributed by atoms with E-state index in [2.05, 4.69) is 62.3 Å². The van der Waals surface area contributed by atoms with E-state index in [1.54, 1.807) is 0 Å². The summed E-state index contributed by atoms with van der Waals surface area (Å²) >= 11 is 0. The summed E-state index contributed by atoms with van der Waals surface area (Å²) in [6.07, 6.45) is 49.5. The number of hydrogen-bond acceptors (Lipinski definition) is 6. The molecule has 0 bridgehead atoms. The predicted molar refractivity (Wildman–Crippen MR) is 281 cm³/mol. The van der Waals surface area contributed by atoms with E-state index in [1.165, 1.54) is 135 Å². The monoisotopic (exact) mass is 1080 g/mol. The fourth-order valence-corrected chi connectivity index (χ4v) is 9.99. The molecule has 0 spiro atoms. The van der Waals surface area contributed by atoms with Crippen molar-refractivity contribution < 1.29 is 70.5 Å². The van der Waals surface area contributed by atoms with Gasteiger partial charge < -0.3 is 29.7 Å². The van der Waals surface area contributed by atoms with Crippen LogP contribution in [0.1, 0.15) is 351 Å². The number of rotatable bonds is 48. The molecular formula is C60H117NdO6. The molecule has 3 atom stereocenters. The Morgan fingerprint density at radius 1 is 0.224 bits per heavy atom. The summed E-state index contributed by atoms with van der Waals surface area (Å²) in [5.74, 6) is -2.36. The molecule has 1 radical (unpaired) electrons. The van der Waals surface area contributed by atoms with Crippen LogP contribution in [0.4, 0.5) is 0 Å². The first kappa shape index (κ1) is 73.3. The Morgan fingerprint density at radius 3 is 0.493 bits per heavy atom. The van der Waals surface area contributed by atoms with E-state index < -0.39 is 34.2 Å². The largest absolute Gasteiger partial charge is 3.00 e. The fraction of sp³-hybridized carbons (Fsp3) is 0.950. The number of carbonyl (C=O) groups is 3. The smallest absolute Gasteiger partial charge is 0.550 e. The van der Waals surface area contributed by atoms with Crippen LogP contribution in [-0.4, -0.2) is 17.9 Å². The minimum absolute atomic E-state index is 0. The SMILES string of the molecule is CCCCCCCCC(CCCC)(CCCCCC)C(=O)[O-].CCCCCCCCC(CCCC)(CCCCCC)C(=O)[O-].CCCCCCCCC(CCCC)(CCCCCC)C(=O)[O-].[Nd+3]. The molecule has 0 saturated heterocycles. The summed E-state index contributed by atoms with van der Waals surface area (Å²) in [5, 5.41) is 35.5. The predicted octanol–water partition coefficient (Wildman–Crippen LogP) is 16.9. The topological polar surface area (TPSA) is 120 Å². The van der Waals surface area contributed by atoms with Crippen molar-refractivity contribution in [2.45, 2.75) is 351 Å². The van der Waals surface area contributed by atoms with Crippen LogP contribution < -0.4 is 15.3 Å². The molecule has 0 amide bonds. The van der Waals surface area contributed by atoms with Gasteiger partial charge in [0.15, 0.2) is 0 Å². The summed E-state index contributed by atoms with van der Waals surface area (Å²) in [5.41, 5.74) is -1.64. The molecule has 6 nitrogen and oxygen atoms in total. The summed E-state index contributed by atoms with van der Waals surface area (Å²) < 4.78 is 0. The van der Waals surface area contributed by atoms with E-state index >= 15 is 0 Å². The normalized spacial score (nSPS) is 13.7. The first-order chi connectivity index (χ1) is 31.9. The van der Waals surface area contributed by atoms with Gasteiger partial charge in [0.2, 0.25) is 0 Å². The Labute approximate surface area is 452 Å². The zero-order valence-corrected chi connectivity index (χ0v) is 50.0. The minimum atomic E-state index is -0.786. The molecule has 0 aromatic rings. The Morgan fingerprint density at radius 2 is 0.343 bits per heavy atom. The molecule has 0 aromatic carbocycles. The van der Waals surface area contributed by atoms with Gasteiger partial charge in [-0.1, -0.05) is 293 Å². The molecule has 0 rings (SSSR count). The molecule has 0 heterocycles. The Kier molecular flexibility index (Phi) is 58.6. The summed E-state index contributed by atoms with van der Waals surface area (Å²) in [4.78, 5) is 35.5. The number of hydrogen-bond donors (Lipinski definition) is 0. The van der Waals surface area contributed by atoms with Crippen molar-refractivity contribution >= 4 is 17.9 Å². The molecule has 3 unspecified atom stereocenters. The number of carboxylic acids is 3. The van der Waals surface area contributed by atoms with E-state index in [9.17, 15) is 29.7 Å². The van der Waals surface area contributed by atoms with Crippen molar-refractivity contribution in [3.05, 3.63) is 0 Å². The van der Waals surface area contributed by atoms with Gasteiger partial charge in [-0.15, -0.1) is 0 Å². The molecule has 0 aliphatic rings. The molecular weight excluding hydrogens is 961 g/mol. The van der Waals surface area contributed by atoms with Gasteiger partial charge in [-0.3, -0.25) is 0 Å². The van der Waals surface area contributed by atoms with Crippen molar-refractivity contribution in [2.24, 2.45) is 16.2 Å². The number of aliphatic carboxylic acids is 3. The third kappa shape index (κ3) is 41.0. The number of carboxylic acid groups (broad SMARTS) is 3. The molecule has 0 saturated carbocycles. The first-order valence-electron chi connectivity index (χ1n) is 29.5. The van der Waals surface area contributed by atoms with Gasteiger partial charge in [0, 0.05) is 34.2 Å². The zero-order chi connectivity index (χ0) is 50.1. The van der Waals surface area contributed by atoms with Gasteiger partial charge in [0.05, 0.1) is 0 Å². The molecule has 0 aromatic heterocycles. The average molecular weight is 1080 g/mol. The van der Waals surface area contributed by atoms with Crippen LogP contribution in [-0.2, 0) is 14.4 Å². The summed E-state index contributed by atoms with van der Waals surface area (Å²) in [6, 6.07) is 0. The third-order valence-electron chi connectivity index (χ3n) is 14.9. The van der Waals surface area contributed by atoms with E-state index in [0.29, 0.717) is 0 Å². The van der Waals surface area contributed by atoms with Crippen molar-refractivity contribution in [3.63, 3.8) is 0 Å². The quantitative estimate of drug-likeness (QED) is 0.0560. The molecule has 0 aliphatic heterocycles. The summed E-state index contributed by atoms with van der Waals surface area (Å²) in [6.45, 7) is 19.7. The van der Waals surface area contributed by atoms with Crippen molar-refractivity contribution in [1.82, 2.24) is 0 Å². The molecule has 397 valence electrons. The maximum Gasteiger partial charge on any atom is 3.00 e. The first-order valence-corrected chi connectivity index (χ1v) is 29.5. The van der Waals surface area contributed by atoms with Gasteiger partial charge in [-0.05, 0) is 57.8 Å². The maximum absolute atomic E-state index is 11.8. The second kappa shape index (κ2) is 53.6. The van der Waals surface area contributed by atoms with Gasteiger partial charge in [-0.25, -0.2) is 0 Å². The molecule has 0 aliphatic carbocycles. The van der Waals surface area contributed by atoms with E-state index in [4.69, 9.17) is 0 Å². The molecule has 7 heteroatoms. The average Bonchev–Trinajstić information content (AvgIpc) is 3.31. The van der Waals surface area contributed by atoms with Crippen LogP contribution >= 0.6 is 0 Å². The third-order valence-corrected chi connectivity index (χ3v) is 14.9. The van der Waals surface area contributed by atoms with E-state index in [1.807, 2.05) is 0 Å². The van der Waals surface area contributed by atoms with E-state index in [-0.39, 0.29) is 40.8 Å². The van der Waals surface area contributed by atoms with Crippen LogP contribution in [0.2, 0.25) is 0 Å². The van der Waals surface area contributed by atoms with Gasteiger partial charge in [0.1, 0.15) is 0 Å². The van der Waals surface area contributed by atoms with Gasteiger partial charge in [0.25, 0.3) is 0 Å². The second-order valence-electron chi connectivity index (χ2n) is 21.0. The van der Waals surface area contributed by atoms with Crippen molar-refractivity contribution in [2.75, 3.05) is 0 Å². The fourth-order valence-electron chi connectivity index (χ4n) is 9.99. The van der Waals surface area contributed by atoms with Gasteiger partial charge >= 0.3 is 40.8 Å². The second-order valence-corrected chi connectivity index (χ2v) is 21.0. The van der Waals surface area contributed by atoms with Crippen LogP contribution in [0.5, 0.6) is 0 Å². The minimum Gasteiger partial charge on any atom is -0.550 e. The van der Waals surface area contributed by atoms with Crippen molar-refractivity contribution in [1.29, 1.82) is 0 Å².